The fourth-order valence-electron chi connectivity index (χ4n) is 4.57. The largest absolute Gasteiger partial charge is 0.382 e. The zero-order chi connectivity index (χ0) is 20.1. The zero-order valence-electron chi connectivity index (χ0n) is 17.3. The quantitative estimate of drug-likeness (QED) is 0.734. The topological polar surface area (TPSA) is 27.7 Å². The molecule has 1 saturated heterocycles. The van der Waals surface area contributed by atoms with E-state index in [9.17, 15) is 4.39 Å². The number of anilines is 2. The third-order valence-electron chi connectivity index (χ3n) is 6.12. The molecule has 2 heterocycles. The van der Waals surface area contributed by atoms with Crippen molar-refractivity contribution in [3.8, 4) is 0 Å². The summed E-state index contributed by atoms with van der Waals surface area (Å²) >= 11 is 0. The fourth-order valence-corrected chi connectivity index (χ4v) is 4.57. The predicted molar refractivity (Wildman–Crippen MR) is 117 cm³/mol. The summed E-state index contributed by atoms with van der Waals surface area (Å²) in [6.45, 7) is 8.12. The van der Waals surface area contributed by atoms with Crippen molar-refractivity contribution in [3.05, 3.63) is 59.9 Å². The number of benzene rings is 2. The van der Waals surface area contributed by atoms with Crippen LogP contribution in [0.1, 0.15) is 37.9 Å². The van der Waals surface area contributed by atoms with Gasteiger partial charge in [-0.15, -0.1) is 0 Å². The number of hydrogen-bond donors (Lipinski definition) is 1. The van der Waals surface area contributed by atoms with E-state index in [2.05, 4.69) is 46.3 Å². The normalized spacial score (nSPS) is 22.2. The molecular formula is C24H32FN3O. The molecule has 156 valence electrons. The van der Waals surface area contributed by atoms with Gasteiger partial charge >= 0.3 is 0 Å². The van der Waals surface area contributed by atoms with Crippen molar-refractivity contribution < 1.29 is 9.13 Å². The molecule has 0 spiro atoms. The first-order valence-electron chi connectivity index (χ1n) is 10.9. The highest BCUT2D eigenvalue weighted by Crippen LogP contribution is 2.36. The van der Waals surface area contributed by atoms with Gasteiger partial charge in [-0.1, -0.05) is 18.2 Å². The van der Waals surface area contributed by atoms with Gasteiger partial charge in [0.15, 0.2) is 0 Å². The molecule has 0 amide bonds. The van der Waals surface area contributed by atoms with E-state index in [4.69, 9.17) is 4.74 Å². The van der Waals surface area contributed by atoms with Crippen molar-refractivity contribution in [3.63, 3.8) is 0 Å². The highest BCUT2D eigenvalue weighted by Gasteiger charge is 2.26. The van der Waals surface area contributed by atoms with Crippen LogP contribution in [0.5, 0.6) is 0 Å². The van der Waals surface area contributed by atoms with Gasteiger partial charge < -0.3 is 15.0 Å². The van der Waals surface area contributed by atoms with Gasteiger partial charge in [0.1, 0.15) is 5.82 Å². The molecule has 2 unspecified atom stereocenters. The standard InChI is InChI=1S/C24H32FN3O/c1-2-29-24-18-20(26-23-8-4-3-7-22(23)24)6-5-13-27-14-16-28(17-15-27)21-11-9-19(25)10-12-21/h3-4,7-12,20,24,26H,2,5-6,13-18H2,1H3. The smallest absolute Gasteiger partial charge is 0.123 e. The summed E-state index contributed by atoms with van der Waals surface area (Å²) in [4.78, 5) is 4.90. The number of ether oxygens (including phenoxy) is 1. The molecule has 2 aliphatic rings. The lowest BCUT2D eigenvalue weighted by Gasteiger charge is -2.37. The van der Waals surface area contributed by atoms with Crippen LogP contribution in [0, 0.1) is 5.82 Å². The summed E-state index contributed by atoms with van der Waals surface area (Å²) in [5.41, 5.74) is 3.65. The summed E-state index contributed by atoms with van der Waals surface area (Å²) in [7, 11) is 0. The van der Waals surface area contributed by atoms with Gasteiger partial charge in [0.05, 0.1) is 6.10 Å². The van der Waals surface area contributed by atoms with Gasteiger partial charge in [-0.3, -0.25) is 4.90 Å². The molecule has 2 aromatic rings. The Bertz CT molecular complexity index is 774. The van der Waals surface area contributed by atoms with Gasteiger partial charge in [-0.25, -0.2) is 4.39 Å². The van der Waals surface area contributed by atoms with Crippen LogP contribution in [0.4, 0.5) is 15.8 Å². The summed E-state index contributed by atoms with van der Waals surface area (Å²) in [5, 5.41) is 3.72. The Labute approximate surface area is 173 Å². The maximum Gasteiger partial charge on any atom is 0.123 e. The van der Waals surface area contributed by atoms with E-state index in [1.54, 1.807) is 12.1 Å². The molecule has 29 heavy (non-hydrogen) atoms. The maximum atomic E-state index is 13.1. The zero-order valence-corrected chi connectivity index (χ0v) is 17.3. The number of halogens is 1. The second-order valence-electron chi connectivity index (χ2n) is 8.06. The molecule has 0 saturated carbocycles. The Morgan fingerprint density at radius 1 is 1.03 bits per heavy atom. The molecule has 0 radical (unpaired) electrons. The second-order valence-corrected chi connectivity index (χ2v) is 8.06. The van der Waals surface area contributed by atoms with Crippen LogP contribution >= 0.6 is 0 Å². The highest BCUT2D eigenvalue weighted by molar-refractivity contribution is 5.55. The highest BCUT2D eigenvalue weighted by atomic mass is 19.1. The average molecular weight is 398 g/mol. The molecule has 2 atom stereocenters. The molecule has 2 aromatic carbocycles. The number of para-hydroxylation sites is 1. The third-order valence-corrected chi connectivity index (χ3v) is 6.12. The first-order valence-corrected chi connectivity index (χ1v) is 10.9. The van der Waals surface area contributed by atoms with E-state index in [-0.39, 0.29) is 11.9 Å². The molecule has 4 rings (SSSR count). The Hall–Kier alpha value is -2.11. The van der Waals surface area contributed by atoms with Crippen LogP contribution in [0.25, 0.3) is 0 Å². The number of nitrogens with zero attached hydrogens (tertiary/aromatic N) is 2. The van der Waals surface area contributed by atoms with Crippen molar-refractivity contribution in [2.45, 2.75) is 38.3 Å². The first kappa shape index (κ1) is 20.2. The van der Waals surface area contributed by atoms with E-state index < -0.39 is 0 Å². The van der Waals surface area contributed by atoms with E-state index in [1.807, 2.05) is 12.1 Å². The number of fused-ring (bicyclic) bond motifs is 1. The molecule has 0 aliphatic carbocycles. The van der Waals surface area contributed by atoms with Gasteiger partial charge in [0.2, 0.25) is 0 Å². The van der Waals surface area contributed by atoms with Crippen LogP contribution in [0.15, 0.2) is 48.5 Å². The molecule has 1 N–H and O–H groups in total. The minimum absolute atomic E-state index is 0.169. The molecular weight excluding hydrogens is 365 g/mol. The van der Waals surface area contributed by atoms with Crippen molar-refractivity contribution >= 4 is 11.4 Å². The number of rotatable bonds is 7. The second kappa shape index (κ2) is 9.59. The molecule has 0 aromatic heterocycles. The lowest BCUT2D eigenvalue weighted by Crippen LogP contribution is -2.46. The van der Waals surface area contributed by atoms with Gasteiger partial charge in [0, 0.05) is 55.8 Å². The van der Waals surface area contributed by atoms with E-state index >= 15 is 0 Å². The lowest BCUT2D eigenvalue weighted by atomic mass is 9.92. The van der Waals surface area contributed by atoms with Crippen LogP contribution in [0.3, 0.4) is 0 Å². The van der Waals surface area contributed by atoms with Gasteiger partial charge in [0.25, 0.3) is 0 Å². The van der Waals surface area contributed by atoms with Gasteiger partial charge in [-0.05, 0) is 63.1 Å². The summed E-state index contributed by atoms with van der Waals surface area (Å²) in [6.07, 6.45) is 3.61. The minimum atomic E-state index is -0.169. The van der Waals surface area contributed by atoms with Crippen LogP contribution in [0.2, 0.25) is 0 Å². The van der Waals surface area contributed by atoms with E-state index in [0.717, 1.165) is 57.9 Å². The van der Waals surface area contributed by atoms with E-state index in [0.29, 0.717) is 6.04 Å². The van der Waals surface area contributed by atoms with Crippen LogP contribution in [-0.4, -0.2) is 50.3 Å². The third kappa shape index (κ3) is 5.09. The molecule has 2 aliphatic heterocycles. The monoisotopic (exact) mass is 397 g/mol. The van der Waals surface area contributed by atoms with Crippen molar-refractivity contribution in [1.82, 2.24) is 4.90 Å². The fraction of sp³-hybridized carbons (Fsp3) is 0.500. The summed E-state index contributed by atoms with van der Waals surface area (Å²) < 4.78 is 19.1. The maximum absolute atomic E-state index is 13.1. The number of piperazine rings is 1. The summed E-state index contributed by atoms with van der Waals surface area (Å²) in [6, 6.07) is 15.9. The lowest BCUT2D eigenvalue weighted by molar-refractivity contribution is 0.0490. The molecule has 0 bridgehead atoms. The van der Waals surface area contributed by atoms with Crippen LogP contribution in [-0.2, 0) is 4.74 Å². The molecule has 1 fully saturated rings. The van der Waals surface area contributed by atoms with Gasteiger partial charge in [-0.2, -0.15) is 0 Å². The van der Waals surface area contributed by atoms with Crippen molar-refractivity contribution in [2.75, 3.05) is 49.5 Å². The minimum Gasteiger partial charge on any atom is -0.382 e. The Morgan fingerprint density at radius 3 is 2.55 bits per heavy atom. The number of nitrogens with one attached hydrogen (secondary N) is 1. The summed E-state index contributed by atoms with van der Waals surface area (Å²) in [5.74, 6) is -0.169. The van der Waals surface area contributed by atoms with E-state index in [1.165, 1.54) is 17.7 Å². The number of hydrogen-bond acceptors (Lipinski definition) is 4. The Balaban J connectivity index is 1.22. The predicted octanol–water partition coefficient (Wildman–Crippen LogP) is 4.69. The average Bonchev–Trinajstić information content (AvgIpc) is 2.75. The molecule has 5 heteroatoms. The Kier molecular flexibility index (Phi) is 6.67. The Morgan fingerprint density at radius 2 is 1.79 bits per heavy atom. The molecule has 4 nitrogen and oxygen atoms in total. The first-order chi connectivity index (χ1) is 14.2. The van der Waals surface area contributed by atoms with Crippen LogP contribution < -0.4 is 10.2 Å². The SMILES string of the molecule is CCOC1CC(CCCN2CCN(c3ccc(F)cc3)CC2)Nc2ccccc21. The van der Waals surface area contributed by atoms with Crippen molar-refractivity contribution in [1.29, 1.82) is 0 Å². The van der Waals surface area contributed by atoms with Crippen molar-refractivity contribution in [2.24, 2.45) is 0 Å².